The lowest BCUT2D eigenvalue weighted by molar-refractivity contribution is 0.398. The van der Waals surface area contributed by atoms with Crippen molar-refractivity contribution in [2.75, 3.05) is 21.2 Å². The largest absolute Gasteiger partial charge is 0.496 e. The molecule has 1 rings (SSSR count). The van der Waals surface area contributed by atoms with E-state index in [4.69, 9.17) is 4.74 Å². The molecule has 2 heteroatoms. The molecule has 0 aromatic heterocycles. The summed E-state index contributed by atoms with van der Waals surface area (Å²) in [5.41, 5.74) is 2.62. The molecule has 0 N–H and O–H groups in total. The zero-order valence-corrected chi connectivity index (χ0v) is 9.50. The summed E-state index contributed by atoms with van der Waals surface area (Å²) in [4.78, 5) is 2.17. The molecule has 0 radical (unpaired) electrons. The van der Waals surface area contributed by atoms with Crippen LogP contribution in [0.3, 0.4) is 0 Å². The Labute approximate surface area is 86.5 Å². The second-order valence-electron chi connectivity index (χ2n) is 3.74. The molecule has 0 spiro atoms. The third-order valence-corrected chi connectivity index (χ3v) is 2.22. The minimum atomic E-state index is 0.983. The molecule has 14 heavy (non-hydrogen) atoms. The zero-order valence-electron chi connectivity index (χ0n) is 9.50. The van der Waals surface area contributed by atoms with Crippen molar-refractivity contribution >= 4 is 0 Å². The minimum absolute atomic E-state index is 0.983. The highest BCUT2D eigenvalue weighted by Crippen LogP contribution is 2.20. The van der Waals surface area contributed by atoms with Gasteiger partial charge < -0.3 is 9.64 Å². The highest BCUT2D eigenvalue weighted by molar-refractivity contribution is 5.37. The maximum Gasteiger partial charge on any atom is 0.122 e. The van der Waals surface area contributed by atoms with Crippen molar-refractivity contribution < 1.29 is 4.74 Å². The maximum absolute atomic E-state index is 5.28. The highest BCUT2D eigenvalue weighted by atomic mass is 16.5. The van der Waals surface area contributed by atoms with Crippen LogP contribution >= 0.6 is 0 Å². The van der Waals surface area contributed by atoms with E-state index >= 15 is 0 Å². The van der Waals surface area contributed by atoms with E-state index in [1.165, 1.54) is 11.1 Å². The monoisotopic (exact) mass is 193 g/mol. The van der Waals surface area contributed by atoms with Crippen LogP contribution in [0.2, 0.25) is 0 Å². The topological polar surface area (TPSA) is 12.5 Å². The molecule has 1 aromatic carbocycles. The fraction of sp³-hybridized carbons (Fsp3) is 0.500. The van der Waals surface area contributed by atoms with E-state index in [0.717, 1.165) is 18.7 Å². The van der Waals surface area contributed by atoms with Gasteiger partial charge >= 0.3 is 0 Å². The van der Waals surface area contributed by atoms with Gasteiger partial charge in [0.2, 0.25) is 0 Å². The summed E-state index contributed by atoms with van der Waals surface area (Å²) >= 11 is 0. The molecule has 0 aliphatic heterocycles. The Morgan fingerprint density at radius 3 is 2.50 bits per heavy atom. The van der Waals surface area contributed by atoms with E-state index in [9.17, 15) is 0 Å². The molecular formula is C12H19NO. The molecule has 0 saturated carbocycles. The number of hydrogen-bond acceptors (Lipinski definition) is 2. The smallest absolute Gasteiger partial charge is 0.122 e. The second-order valence-corrected chi connectivity index (χ2v) is 3.74. The molecule has 0 saturated heterocycles. The van der Waals surface area contributed by atoms with Crippen LogP contribution in [0.4, 0.5) is 0 Å². The summed E-state index contributed by atoms with van der Waals surface area (Å²) in [5, 5.41) is 0. The van der Waals surface area contributed by atoms with Crippen LogP contribution in [0.25, 0.3) is 0 Å². The fourth-order valence-corrected chi connectivity index (χ4v) is 1.57. The van der Waals surface area contributed by atoms with Gasteiger partial charge in [-0.2, -0.15) is 0 Å². The molecule has 0 heterocycles. The number of methoxy groups -OCH3 is 1. The number of rotatable bonds is 4. The van der Waals surface area contributed by atoms with Crippen molar-refractivity contribution in [3.63, 3.8) is 0 Å². The summed E-state index contributed by atoms with van der Waals surface area (Å²) in [6, 6.07) is 6.40. The average molecular weight is 193 g/mol. The van der Waals surface area contributed by atoms with Crippen LogP contribution in [-0.2, 0) is 13.0 Å². The standard InChI is InChI=1S/C12H19NO/c1-5-11-8-10(9-13(2)3)6-7-12(11)14-4/h6-8H,5,9H2,1-4H3. The minimum Gasteiger partial charge on any atom is -0.496 e. The van der Waals surface area contributed by atoms with Gasteiger partial charge in [-0.1, -0.05) is 19.1 Å². The predicted octanol–water partition coefficient (Wildman–Crippen LogP) is 2.32. The quantitative estimate of drug-likeness (QED) is 0.727. The number of nitrogens with zero attached hydrogens (tertiary/aromatic N) is 1. The van der Waals surface area contributed by atoms with Gasteiger partial charge in [0.1, 0.15) is 5.75 Å². The number of ether oxygens (including phenoxy) is 1. The first-order chi connectivity index (χ1) is 6.67. The van der Waals surface area contributed by atoms with Gasteiger partial charge in [0.05, 0.1) is 7.11 Å². The van der Waals surface area contributed by atoms with Gasteiger partial charge in [-0.05, 0) is 37.7 Å². The van der Waals surface area contributed by atoms with Crippen molar-refractivity contribution in [1.82, 2.24) is 4.90 Å². The molecule has 0 amide bonds. The van der Waals surface area contributed by atoms with Crippen LogP contribution < -0.4 is 4.74 Å². The first kappa shape index (κ1) is 11.1. The zero-order chi connectivity index (χ0) is 10.6. The van der Waals surface area contributed by atoms with Gasteiger partial charge in [-0.15, -0.1) is 0 Å². The third kappa shape index (κ3) is 2.74. The summed E-state index contributed by atoms with van der Waals surface area (Å²) in [6.45, 7) is 3.13. The highest BCUT2D eigenvalue weighted by Gasteiger charge is 2.02. The first-order valence-electron chi connectivity index (χ1n) is 4.98. The van der Waals surface area contributed by atoms with E-state index in [-0.39, 0.29) is 0 Å². The van der Waals surface area contributed by atoms with Crippen LogP contribution in [0.15, 0.2) is 18.2 Å². The number of aryl methyl sites for hydroxylation is 1. The lowest BCUT2D eigenvalue weighted by Crippen LogP contribution is -2.10. The normalized spacial score (nSPS) is 10.6. The van der Waals surface area contributed by atoms with Crippen LogP contribution in [0, 0.1) is 0 Å². The predicted molar refractivity (Wildman–Crippen MR) is 59.8 cm³/mol. The van der Waals surface area contributed by atoms with E-state index in [0.29, 0.717) is 0 Å². The Kier molecular flexibility index (Phi) is 3.96. The summed E-state index contributed by atoms with van der Waals surface area (Å²) in [5.74, 6) is 0.995. The Hall–Kier alpha value is -1.02. The number of hydrogen-bond donors (Lipinski definition) is 0. The molecule has 1 aromatic rings. The van der Waals surface area contributed by atoms with E-state index in [1.54, 1.807) is 7.11 Å². The fourth-order valence-electron chi connectivity index (χ4n) is 1.57. The van der Waals surface area contributed by atoms with Gasteiger partial charge in [0.25, 0.3) is 0 Å². The Morgan fingerprint density at radius 1 is 1.29 bits per heavy atom. The van der Waals surface area contributed by atoms with Crippen LogP contribution in [0.1, 0.15) is 18.1 Å². The Morgan fingerprint density at radius 2 is 2.00 bits per heavy atom. The van der Waals surface area contributed by atoms with Gasteiger partial charge in [-0.25, -0.2) is 0 Å². The van der Waals surface area contributed by atoms with E-state index < -0.39 is 0 Å². The Balaban J connectivity index is 2.89. The van der Waals surface area contributed by atoms with E-state index in [1.807, 2.05) is 0 Å². The summed E-state index contributed by atoms with van der Waals surface area (Å²) < 4.78 is 5.28. The molecular weight excluding hydrogens is 174 g/mol. The van der Waals surface area contributed by atoms with Crippen molar-refractivity contribution in [2.45, 2.75) is 19.9 Å². The molecule has 0 aliphatic rings. The third-order valence-electron chi connectivity index (χ3n) is 2.22. The summed E-state index contributed by atoms with van der Waals surface area (Å²) in [7, 11) is 5.88. The van der Waals surface area contributed by atoms with Crippen molar-refractivity contribution in [3.05, 3.63) is 29.3 Å². The van der Waals surface area contributed by atoms with Gasteiger partial charge in [0.15, 0.2) is 0 Å². The van der Waals surface area contributed by atoms with Crippen LogP contribution in [-0.4, -0.2) is 26.1 Å². The average Bonchev–Trinajstić information content (AvgIpc) is 2.16. The van der Waals surface area contributed by atoms with Gasteiger partial charge in [0, 0.05) is 6.54 Å². The molecule has 78 valence electrons. The van der Waals surface area contributed by atoms with Crippen molar-refractivity contribution in [2.24, 2.45) is 0 Å². The molecule has 0 atom stereocenters. The molecule has 0 fully saturated rings. The summed E-state index contributed by atoms with van der Waals surface area (Å²) in [6.07, 6.45) is 1.02. The van der Waals surface area contributed by atoms with Gasteiger partial charge in [-0.3, -0.25) is 0 Å². The lowest BCUT2D eigenvalue weighted by Gasteiger charge is -2.12. The lowest BCUT2D eigenvalue weighted by atomic mass is 10.1. The molecule has 2 nitrogen and oxygen atoms in total. The molecule has 0 aliphatic carbocycles. The number of benzene rings is 1. The van der Waals surface area contributed by atoms with Crippen LogP contribution in [0.5, 0.6) is 5.75 Å². The molecule has 0 bridgehead atoms. The molecule has 0 unspecified atom stereocenters. The first-order valence-corrected chi connectivity index (χ1v) is 4.98. The maximum atomic E-state index is 5.28. The Bertz CT molecular complexity index is 294. The SMILES string of the molecule is CCc1cc(CN(C)C)ccc1OC. The van der Waals surface area contributed by atoms with E-state index in [2.05, 4.69) is 44.1 Å². The van der Waals surface area contributed by atoms with Crippen molar-refractivity contribution in [3.8, 4) is 5.75 Å². The second kappa shape index (κ2) is 5.01. The van der Waals surface area contributed by atoms with Crippen molar-refractivity contribution in [1.29, 1.82) is 0 Å².